The van der Waals surface area contributed by atoms with Gasteiger partial charge >= 0.3 is 35.8 Å². The van der Waals surface area contributed by atoms with Crippen LogP contribution in [-0.4, -0.2) is 92.4 Å². The lowest BCUT2D eigenvalue weighted by molar-refractivity contribution is -0.311. The van der Waals surface area contributed by atoms with Crippen LogP contribution in [0.1, 0.15) is 215 Å². The molecule has 14 heteroatoms. The average molecular weight is 989 g/mol. The summed E-state index contributed by atoms with van der Waals surface area (Å²) >= 11 is 0. The SMILES string of the molecule is CCCCC/C=C\C/C=C\C/C=C\C/C=C\CCCC(=O)OC(COC(=O)CCCCCCCCCCCCCCCCCC)CO[C@@H]1O[C@H](COC(C)=O)[C@H](OC(C)=O)[C@H](OC(C)=O)[C@H]1OC(C)=O. The molecular formula is C56H92O14. The minimum absolute atomic E-state index is 0.0840. The van der Waals surface area contributed by atoms with Gasteiger partial charge in [-0.25, -0.2) is 0 Å². The van der Waals surface area contributed by atoms with Crippen LogP contribution in [0.5, 0.6) is 0 Å². The molecule has 1 rings (SSSR count). The molecule has 1 fully saturated rings. The summed E-state index contributed by atoms with van der Waals surface area (Å²) < 4.78 is 45.1. The van der Waals surface area contributed by atoms with Crippen molar-refractivity contribution in [2.24, 2.45) is 0 Å². The summed E-state index contributed by atoms with van der Waals surface area (Å²) in [5, 5.41) is 0. The Morgan fingerprint density at radius 1 is 0.443 bits per heavy atom. The Hall–Kier alpha value is -4.30. The number of carbonyl (C=O) groups excluding carboxylic acids is 6. The van der Waals surface area contributed by atoms with Gasteiger partial charge in [-0.3, -0.25) is 28.8 Å². The lowest BCUT2D eigenvalue weighted by atomic mass is 9.98. The molecule has 0 aromatic heterocycles. The van der Waals surface area contributed by atoms with Gasteiger partial charge in [0.05, 0.1) is 6.61 Å². The van der Waals surface area contributed by atoms with Gasteiger partial charge in [-0.1, -0.05) is 172 Å². The quantitative estimate of drug-likeness (QED) is 0.0244. The Labute approximate surface area is 421 Å². The number of hydrogen-bond donors (Lipinski definition) is 0. The lowest BCUT2D eigenvalue weighted by Crippen LogP contribution is -2.63. The molecule has 0 aliphatic carbocycles. The fourth-order valence-electron chi connectivity index (χ4n) is 7.89. The molecule has 0 aromatic carbocycles. The first-order valence-electron chi connectivity index (χ1n) is 26.7. The van der Waals surface area contributed by atoms with E-state index in [0.717, 1.165) is 65.7 Å². The van der Waals surface area contributed by atoms with Crippen LogP contribution in [0.15, 0.2) is 48.6 Å². The Kier molecular flexibility index (Phi) is 39.6. The van der Waals surface area contributed by atoms with Crippen molar-refractivity contribution in [1.82, 2.24) is 0 Å². The normalized spacial score (nSPS) is 18.6. The summed E-state index contributed by atoms with van der Waals surface area (Å²) in [5.41, 5.74) is 0. The highest BCUT2D eigenvalue weighted by Crippen LogP contribution is 2.30. The van der Waals surface area contributed by atoms with Crippen molar-refractivity contribution >= 4 is 35.8 Å². The first kappa shape index (κ1) is 63.7. The second-order valence-corrected chi connectivity index (χ2v) is 18.2. The smallest absolute Gasteiger partial charge is 0.306 e. The molecule has 14 nitrogen and oxygen atoms in total. The average Bonchev–Trinajstić information content (AvgIpc) is 3.31. The molecule has 6 atom stereocenters. The minimum Gasteiger partial charge on any atom is -0.463 e. The Morgan fingerprint density at radius 3 is 1.37 bits per heavy atom. The Bertz CT molecular complexity index is 1540. The predicted octanol–water partition coefficient (Wildman–Crippen LogP) is 12.3. The van der Waals surface area contributed by atoms with Gasteiger partial charge in [-0.2, -0.15) is 0 Å². The van der Waals surface area contributed by atoms with Crippen molar-refractivity contribution in [3.63, 3.8) is 0 Å². The van der Waals surface area contributed by atoms with Gasteiger partial charge in [0.25, 0.3) is 0 Å². The second kappa shape index (κ2) is 43.5. The van der Waals surface area contributed by atoms with Gasteiger partial charge in [0.15, 0.2) is 30.7 Å². The molecule has 0 radical (unpaired) electrons. The highest BCUT2D eigenvalue weighted by Gasteiger charge is 2.53. The van der Waals surface area contributed by atoms with Gasteiger partial charge in [-0.15, -0.1) is 0 Å². The molecule has 1 aliphatic heterocycles. The van der Waals surface area contributed by atoms with Crippen LogP contribution in [-0.2, 0) is 66.7 Å². The topological polar surface area (TPSA) is 176 Å². The van der Waals surface area contributed by atoms with Crippen LogP contribution in [0.25, 0.3) is 0 Å². The fourth-order valence-corrected chi connectivity index (χ4v) is 7.89. The number of carbonyl (C=O) groups is 6. The second-order valence-electron chi connectivity index (χ2n) is 18.2. The molecular weight excluding hydrogens is 897 g/mol. The molecule has 1 aliphatic rings. The fraction of sp³-hybridized carbons (Fsp3) is 0.750. The van der Waals surface area contributed by atoms with E-state index < -0.39 is 85.8 Å². The van der Waals surface area contributed by atoms with E-state index in [2.05, 4.69) is 50.3 Å². The summed E-state index contributed by atoms with van der Waals surface area (Å²) in [7, 11) is 0. The summed E-state index contributed by atoms with van der Waals surface area (Å²) in [4.78, 5) is 74.6. The Morgan fingerprint density at radius 2 is 0.871 bits per heavy atom. The summed E-state index contributed by atoms with van der Waals surface area (Å²) in [6.07, 6.45) is 37.4. The molecule has 0 N–H and O–H groups in total. The molecule has 0 saturated carbocycles. The molecule has 0 amide bonds. The third-order valence-corrected chi connectivity index (χ3v) is 11.6. The third-order valence-electron chi connectivity index (χ3n) is 11.6. The lowest BCUT2D eigenvalue weighted by Gasteiger charge is -2.44. The molecule has 0 aromatic rings. The maximum atomic E-state index is 13.2. The van der Waals surface area contributed by atoms with Crippen LogP contribution in [0.3, 0.4) is 0 Å². The van der Waals surface area contributed by atoms with Crippen LogP contribution >= 0.6 is 0 Å². The van der Waals surface area contributed by atoms with Gasteiger partial charge in [0.2, 0.25) is 0 Å². The molecule has 400 valence electrons. The molecule has 0 bridgehead atoms. The van der Waals surface area contributed by atoms with E-state index in [0.29, 0.717) is 19.3 Å². The highest BCUT2D eigenvalue weighted by atomic mass is 16.7. The van der Waals surface area contributed by atoms with Crippen molar-refractivity contribution < 1.29 is 66.7 Å². The largest absolute Gasteiger partial charge is 0.463 e. The first-order valence-corrected chi connectivity index (χ1v) is 26.7. The van der Waals surface area contributed by atoms with E-state index in [1.807, 2.05) is 12.2 Å². The minimum atomic E-state index is -1.50. The van der Waals surface area contributed by atoms with Gasteiger partial charge in [-0.05, 0) is 51.4 Å². The molecule has 0 spiro atoms. The van der Waals surface area contributed by atoms with Crippen molar-refractivity contribution in [2.45, 2.75) is 252 Å². The number of hydrogen-bond acceptors (Lipinski definition) is 14. The predicted molar refractivity (Wildman–Crippen MR) is 271 cm³/mol. The number of allylic oxidation sites excluding steroid dienone is 8. The standard InChI is InChI=1S/C56H92O14/c1-7-9-11-13-15-17-19-21-23-25-27-29-31-33-35-37-39-41-52(62)69-49(42-64-51(61)40-38-36-34-32-30-28-26-24-22-20-18-16-14-12-10-8-2)43-65-56-55(68-48(6)60)54(67-47(5)59)53(66-46(4)58)50(70-56)44-63-45(3)57/h15,17,21,23,27,29,33,35,49-50,53-56H,7-14,16,18-20,22,24-26,28,30-32,34,36-44H2,1-6H3/b17-15-,23-21-,29-27-,35-33-/t49?,50-,53+,54+,55-,56-/m1/s1. The van der Waals surface area contributed by atoms with E-state index in [9.17, 15) is 28.8 Å². The van der Waals surface area contributed by atoms with E-state index in [1.54, 1.807) is 0 Å². The molecule has 1 heterocycles. The zero-order chi connectivity index (χ0) is 51.5. The number of ether oxygens (including phenoxy) is 8. The summed E-state index contributed by atoms with van der Waals surface area (Å²) in [6.45, 7) is 7.84. The van der Waals surface area contributed by atoms with Gasteiger partial charge < -0.3 is 37.9 Å². The van der Waals surface area contributed by atoms with Crippen LogP contribution in [0.4, 0.5) is 0 Å². The zero-order valence-electron chi connectivity index (χ0n) is 44.0. The van der Waals surface area contributed by atoms with Crippen molar-refractivity contribution in [3.8, 4) is 0 Å². The number of esters is 6. The van der Waals surface area contributed by atoms with Crippen LogP contribution in [0.2, 0.25) is 0 Å². The van der Waals surface area contributed by atoms with Crippen molar-refractivity contribution in [1.29, 1.82) is 0 Å². The van der Waals surface area contributed by atoms with E-state index in [1.165, 1.54) is 103 Å². The van der Waals surface area contributed by atoms with Crippen LogP contribution < -0.4 is 0 Å². The maximum absolute atomic E-state index is 13.2. The van der Waals surface area contributed by atoms with E-state index >= 15 is 0 Å². The third kappa shape index (κ3) is 35.7. The zero-order valence-corrected chi connectivity index (χ0v) is 44.0. The van der Waals surface area contributed by atoms with E-state index in [4.69, 9.17) is 37.9 Å². The van der Waals surface area contributed by atoms with Crippen molar-refractivity contribution in [3.05, 3.63) is 48.6 Å². The maximum Gasteiger partial charge on any atom is 0.306 e. The summed E-state index contributed by atoms with van der Waals surface area (Å²) in [6, 6.07) is 0. The van der Waals surface area contributed by atoms with Crippen molar-refractivity contribution in [2.75, 3.05) is 19.8 Å². The highest BCUT2D eigenvalue weighted by molar-refractivity contribution is 5.70. The van der Waals surface area contributed by atoms with Gasteiger partial charge in [0.1, 0.15) is 19.3 Å². The monoisotopic (exact) mass is 989 g/mol. The number of rotatable bonds is 42. The number of unbranched alkanes of at least 4 members (excludes halogenated alkanes) is 19. The van der Waals surface area contributed by atoms with E-state index in [-0.39, 0.29) is 19.4 Å². The molecule has 1 unspecified atom stereocenters. The summed E-state index contributed by atoms with van der Waals surface area (Å²) in [5.74, 6) is -4.00. The molecule has 70 heavy (non-hydrogen) atoms. The molecule has 1 saturated heterocycles. The Balaban J connectivity index is 2.83. The van der Waals surface area contributed by atoms with Gasteiger partial charge in [0, 0.05) is 40.5 Å². The first-order chi connectivity index (χ1) is 33.9. The van der Waals surface area contributed by atoms with Crippen LogP contribution in [0, 0.1) is 0 Å².